The number of sulfone groups is 1. The summed E-state index contributed by atoms with van der Waals surface area (Å²) in [4.78, 5) is 13.1. The summed E-state index contributed by atoms with van der Waals surface area (Å²) in [5, 5.41) is 7.51. The molecule has 4 aromatic rings. The summed E-state index contributed by atoms with van der Waals surface area (Å²) in [5.74, 6) is 0.390. The van der Waals surface area contributed by atoms with Crippen LogP contribution in [0.3, 0.4) is 0 Å². The molecule has 0 unspecified atom stereocenters. The highest BCUT2D eigenvalue weighted by atomic mass is 32.2. The molecule has 0 radical (unpaired) electrons. The molecular weight excluding hydrogens is 462 g/mol. The molecule has 7 nitrogen and oxygen atoms in total. The first-order valence-electron chi connectivity index (χ1n) is 11.3. The van der Waals surface area contributed by atoms with Gasteiger partial charge in [-0.25, -0.2) is 13.1 Å². The summed E-state index contributed by atoms with van der Waals surface area (Å²) in [7, 11) is -1.67. The number of methoxy groups -OCH3 is 1. The molecular formula is C27H27N3O4S. The van der Waals surface area contributed by atoms with Crippen LogP contribution in [0, 0.1) is 0 Å². The van der Waals surface area contributed by atoms with Crippen molar-refractivity contribution in [1.29, 1.82) is 0 Å². The van der Waals surface area contributed by atoms with Gasteiger partial charge < -0.3 is 10.1 Å². The molecule has 0 aliphatic heterocycles. The first kappa shape index (κ1) is 24.2. The monoisotopic (exact) mass is 489 g/mol. The summed E-state index contributed by atoms with van der Waals surface area (Å²) in [5.41, 5.74) is 3.30. The zero-order chi connectivity index (χ0) is 24.7. The Morgan fingerprint density at radius 3 is 2.26 bits per heavy atom. The standard InChI is InChI=1S/C27H27N3O4S/c1-34-24-15-13-22(14-16-24)26-25(19-30(29-26)23-11-6-3-7-12-23)27(31)28-17-8-18-35(32,33)20-21-9-4-2-5-10-21/h2-7,9-16,19H,8,17-18,20H2,1H3,(H,28,31). The topological polar surface area (TPSA) is 90.3 Å². The average molecular weight is 490 g/mol. The van der Waals surface area contributed by atoms with Gasteiger partial charge in [0.1, 0.15) is 11.4 Å². The van der Waals surface area contributed by atoms with E-state index in [1.54, 1.807) is 30.1 Å². The van der Waals surface area contributed by atoms with Gasteiger partial charge in [0.15, 0.2) is 9.84 Å². The van der Waals surface area contributed by atoms with Crippen LogP contribution in [0.5, 0.6) is 5.75 Å². The number of hydrogen-bond acceptors (Lipinski definition) is 5. The van der Waals surface area contributed by atoms with Crippen molar-refractivity contribution in [3.8, 4) is 22.7 Å². The Bertz CT molecular complexity index is 1370. The van der Waals surface area contributed by atoms with E-state index in [-0.39, 0.29) is 24.0 Å². The fourth-order valence-electron chi connectivity index (χ4n) is 3.70. The van der Waals surface area contributed by atoms with Crippen molar-refractivity contribution in [2.24, 2.45) is 0 Å². The molecule has 4 rings (SSSR count). The number of carbonyl (C=O) groups excluding carboxylic acids is 1. The number of rotatable bonds is 10. The largest absolute Gasteiger partial charge is 0.497 e. The molecule has 0 saturated heterocycles. The van der Waals surface area contributed by atoms with Crippen molar-refractivity contribution in [2.45, 2.75) is 12.2 Å². The highest BCUT2D eigenvalue weighted by molar-refractivity contribution is 7.90. The van der Waals surface area contributed by atoms with Gasteiger partial charge in [-0.2, -0.15) is 5.10 Å². The molecule has 0 aliphatic rings. The summed E-state index contributed by atoms with van der Waals surface area (Å²) < 4.78 is 31.8. The van der Waals surface area contributed by atoms with E-state index in [0.717, 1.165) is 16.8 Å². The van der Waals surface area contributed by atoms with Crippen LogP contribution < -0.4 is 10.1 Å². The molecule has 0 saturated carbocycles. The van der Waals surface area contributed by atoms with E-state index in [4.69, 9.17) is 4.74 Å². The molecule has 35 heavy (non-hydrogen) atoms. The molecule has 0 bridgehead atoms. The number of carbonyl (C=O) groups is 1. The lowest BCUT2D eigenvalue weighted by Crippen LogP contribution is -2.26. The first-order valence-corrected chi connectivity index (χ1v) is 13.1. The molecule has 8 heteroatoms. The number of nitrogens with one attached hydrogen (secondary N) is 1. The fraction of sp³-hybridized carbons (Fsp3) is 0.185. The van der Waals surface area contributed by atoms with E-state index in [1.807, 2.05) is 72.8 Å². The minimum Gasteiger partial charge on any atom is -0.497 e. The van der Waals surface area contributed by atoms with Gasteiger partial charge in [0.05, 0.1) is 29.9 Å². The zero-order valence-electron chi connectivity index (χ0n) is 19.4. The Balaban J connectivity index is 1.46. The van der Waals surface area contributed by atoms with Crippen LogP contribution in [0.4, 0.5) is 0 Å². The Morgan fingerprint density at radius 2 is 1.60 bits per heavy atom. The lowest BCUT2D eigenvalue weighted by atomic mass is 10.1. The van der Waals surface area contributed by atoms with Crippen LogP contribution in [0.25, 0.3) is 16.9 Å². The van der Waals surface area contributed by atoms with E-state index in [2.05, 4.69) is 10.4 Å². The third-order valence-corrected chi connectivity index (χ3v) is 7.17. The molecule has 0 spiro atoms. The van der Waals surface area contributed by atoms with Crippen LogP contribution in [0.1, 0.15) is 22.3 Å². The van der Waals surface area contributed by atoms with Gasteiger partial charge >= 0.3 is 0 Å². The normalized spacial score (nSPS) is 11.2. The summed E-state index contributed by atoms with van der Waals surface area (Å²) >= 11 is 0. The van der Waals surface area contributed by atoms with Crippen LogP contribution in [-0.4, -0.2) is 43.5 Å². The van der Waals surface area contributed by atoms with Gasteiger partial charge in [-0.05, 0) is 48.4 Å². The number of benzene rings is 3. The highest BCUT2D eigenvalue weighted by Crippen LogP contribution is 2.26. The second-order valence-corrected chi connectivity index (χ2v) is 10.3. The van der Waals surface area contributed by atoms with Gasteiger partial charge in [0.2, 0.25) is 0 Å². The Kier molecular flexibility index (Phi) is 7.62. The number of amides is 1. The maximum absolute atomic E-state index is 13.1. The van der Waals surface area contributed by atoms with Crippen molar-refractivity contribution >= 4 is 15.7 Å². The summed E-state index contributed by atoms with van der Waals surface area (Å²) in [6.45, 7) is 0.241. The fourth-order valence-corrected chi connectivity index (χ4v) is 5.13. The maximum Gasteiger partial charge on any atom is 0.255 e. The number of nitrogens with zero attached hydrogens (tertiary/aromatic N) is 2. The molecule has 3 aromatic carbocycles. The molecule has 1 aromatic heterocycles. The van der Waals surface area contributed by atoms with Crippen LogP contribution in [-0.2, 0) is 15.6 Å². The first-order chi connectivity index (χ1) is 16.9. The lowest BCUT2D eigenvalue weighted by Gasteiger charge is -2.07. The molecule has 0 fully saturated rings. The van der Waals surface area contributed by atoms with Gasteiger partial charge in [0.25, 0.3) is 5.91 Å². The Morgan fingerprint density at radius 1 is 0.943 bits per heavy atom. The zero-order valence-corrected chi connectivity index (χ0v) is 20.2. The van der Waals surface area contributed by atoms with Crippen molar-refractivity contribution in [1.82, 2.24) is 15.1 Å². The van der Waals surface area contributed by atoms with Gasteiger partial charge in [-0.1, -0.05) is 48.5 Å². The highest BCUT2D eigenvalue weighted by Gasteiger charge is 2.19. The maximum atomic E-state index is 13.1. The molecule has 180 valence electrons. The number of ether oxygens (including phenoxy) is 1. The third-order valence-electron chi connectivity index (χ3n) is 5.49. The van der Waals surface area contributed by atoms with Crippen LogP contribution >= 0.6 is 0 Å². The van der Waals surface area contributed by atoms with Crippen molar-refractivity contribution in [3.63, 3.8) is 0 Å². The minimum atomic E-state index is -3.27. The second-order valence-electron chi connectivity index (χ2n) is 8.09. The van der Waals surface area contributed by atoms with E-state index in [0.29, 0.717) is 23.4 Å². The predicted octanol–water partition coefficient (Wildman–Crippen LogP) is 4.28. The van der Waals surface area contributed by atoms with E-state index < -0.39 is 9.84 Å². The van der Waals surface area contributed by atoms with Gasteiger partial charge in [-0.3, -0.25) is 4.79 Å². The minimum absolute atomic E-state index is 0.00319. The van der Waals surface area contributed by atoms with Gasteiger partial charge in [0, 0.05) is 18.3 Å². The Hall–Kier alpha value is -3.91. The molecule has 0 atom stereocenters. The summed E-state index contributed by atoms with van der Waals surface area (Å²) in [6.07, 6.45) is 2.02. The number of aromatic nitrogens is 2. The van der Waals surface area contributed by atoms with Crippen molar-refractivity contribution < 1.29 is 17.9 Å². The quantitative estimate of drug-likeness (QED) is 0.336. The molecule has 1 heterocycles. The molecule has 1 N–H and O–H groups in total. The van der Waals surface area contributed by atoms with E-state index in [1.165, 1.54) is 0 Å². The van der Waals surface area contributed by atoms with E-state index >= 15 is 0 Å². The lowest BCUT2D eigenvalue weighted by molar-refractivity contribution is 0.0954. The molecule has 1 amide bonds. The Labute approximate surface area is 205 Å². The van der Waals surface area contributed by atoms with Crippen molar-refractivity contribution in [3.05, 3.63) is 102 Å². The van der Waals surface area contributed by atoms with E-state index in [9.17, 15) is 13.2 Å². The molecule has 0 aliphatic carbocycles. The smallest absolute Gasteiger partial charge is 0.255 e. The number of hydrogen-bond donors (Lipinski definition) is 1. The second kappa shape index (κ2) is 11.0. The van der Waals surface area contributed by atoms with Crippen LogP contribution in [0.15, 0.2) is 91.1 Å². The van der Waals surface area contributed by atoms with Crippen LogP contribution in [0.2, 0.25) is 0 Å². The van der Waals surface area contributed by atoms with Crippen molar-refractivity contribution in [2.75, 3.05) is 19.4 Å². The SMILES string of the molecule is COc1ccc(-c2nn(-c3ccccc3)cc2C(=O)NCCCS(=O)(=O)Cc2ccccc2)cc1. The third kappa shape index (κ3) is 6.36. The van der Waals surface area contributed by atoms with Gasteiger partial charge in [-0.15, -0.1) is 0 Å². The number of para-hydroxylation sites is 1. The summed E-state index contributed by atoms with van der Waals surface area (Å²) in [6, 6.07) is 26.0. The predicted molar refractivity (Wildman–Crippen MR) is 136 cm³/mol. The average Bonchev–Trinajstić information content (AvgIpc) is 3.33.